The summed E-state index contributed by atoms with van der Waals surface area (Å²) in [5.41, 5.74) is 0. The summed E-state index contributed by atoms with van der Waals surface area (Å²) >= 11 is 0.980. The molecule has 1 rings (SSSR count). The summed E-state index contributed by atoms with van der Waals surface area (Å²) in [7, 11) is 0. The van der Waals surface area contributed by atoms with E-state index in [9.17, 15) is 4.39 Å². The van der Waals surface area contributed by atoms with E-state index >= 15 is 0 Å². The highest BCUT2D eigenvalue weighted by Crippen LogP contribution is 2.09. The smallest absolute Gasteiger partial charge is 0.142 e. The third-order valence-corrected chi connectivity index (χ3v) is 1.31. The van der Waals surface area contributed by atoms with Crippen molar-refractivity contribution in [1.29, 1.82) is 0 Å². The molecular weight excluding hydrogens is 139 g/mol. The van der Waals surface area contributed by atoms with Crippen LogP contribution in [0.2, 0.25) is 0 Å². The predicted molar refractivity (Wildman–Crippen MR) is 34.2 cm³/mol. The van der Waals surface area contributed by atoms with E-state index in [1.54, 1.807) is 0 Å². The lowest BCUT2D eigenvalue weighted by atomic mass is 10.5. The summed E-state index contributed by atoms with van der Waals surface area (Å²) in [6.45, 7) is 0. The zero-order chi connectivity index (χ0) is 6.69. The fourth-order valence-electron chi connectivity index (χ4n) is 0.457. The van der Waals surface area contributed by atoms with Gasteiger partial charge in [-0.25, -0.2) is 4.39 Å². The van der Waals surface area contributed by atoms with Crippen molar-refractivity contribution in [3.63, 3.8) is 0 Å². The first-order valence-electron chi connectivity index (χ1n) is 2.30. The molecule has 0 aliphatic heterocycles. The Morgan fingerprint density at radius 2 is 2.33 bits per heavy atom. The number of hydrogen-bond acceptors (Lipinski definition) is 3. The molecule has 0 fully saturated rings. The molecular formula is C5H5FN2S. The molecule has 0 amide bonds. The predicted octanol–water partition coefficient (Wildman–Crippen LogP) is 1.19. The van der Waals surface area contributed by atoms with E-state index < -0.39 is 0 Å². The van der Waals surface area contributed by atoms with E-state index in [-0.39, 0.29) is 5.82 Å². The lowest BCUT2D eigenvalue weighted by molar-refractivity contribution is 0.617. The molecule has 0 spiro atoms. The highest BCUT2D eigenvalue weighted by Gasteiger charge is 1.91. The fourth-order valence-corrected chi connectivity index (χ4v) is 0.759. The fraction of sp³-hybridized carbons (Fsp3) is 0. The molecule has 1 heterocycles. The van der Waals surface area contributed by atoms with Gasteiger partial charge >= 0.3 is 0 Å². The molecule has 48 valence electrons. The molecule has 0 atom stereocenters. The largest absolute Gasteiger partial charge is 0.274 e. The van der Waals surface area contributed by atoms with Gasteiger partial charge < -0.3 is 0 Å². The molecule has 0 radical (unpaired) electrons. The van der Waals surface area contributed by atoms with Gasteiger partial charge in [0.05, 0.1) is 6.20 Å². The Labute approximate surface area is 56.4 Å². The van der Waals surface area contributed by atoms with Crippen LogP contribution in [0.4, 0.5) is 4.39 Å². The maximum absolute atomic E-state index is 12.2. The van der Waals surface area contributed by atoms with E-state index in [0.717, 1.165) is 18.1 Å². The number of halogens is 1. The van der Waals surface area contributed by atoms with Crippen molar-refractivity contribution < 1.29 is 4.39 Å². The number of nitrogens with two attached hydrogens (primary N) is 1. The van der Waals surface area contributed by atoms with Gasteiger partial charge in [-0.15, -0.1) is 0 Å². The molecule has 1 aromatic rings. The molecule has 0 bridgehead atoms. The van der Waals surface area contributed by atoms with Crippen molar-refractivity contribution in [3.8, 4) is 0 Å². The monoisotopic (exact) mass is 144 g/mol. The second-order valence-corrected chi connectivity index (χ2v) is 2.16. The zero-order valence-corrected chi connectivity index (χ0v) is 5.36. The van der Waals surface area contributed by atoms with Crippen LogP contribution in [0, 0.1) is 5.82 Å². The van der Waals surface area contributed by atoms with Crippen LogP contribution in [-0.4, -0.2) is 4.98 Å². The standard InChI is InChI=1S/C5H5FN2S/c6-4-1-5(9-7)3-8-2-4/h1-3H,7H2. The Morgan fingerprint density at radius 3 is 2.78 bits per heavy atom. The van der Waals surface area contributed by atoms with Gasteiger partial charge in [-0.2, -0.15) is 0 Å². The third kappa shape index (κ3) is 1.65. The van der Waals surface area contributed by atoms with E-state index in [1.807, 2.05) is 0 Å². The SMILES string of the molecule is NSc1cncc(F)c1. The number of rotatable bonds is 1. The van der Waals surface area contributed by atoms with Crippen LogP contribution in [0.5, 0.6) is 0 Å². The van der Waals surface area contributed by atoms with Crippen molar-refractivity contribution in [2.75, 3.05) is 0 Å². The van der Waals surface area contributed by atoms with Crippen LogP contribution in [-0.2, 0) is 0 Å². The van der Waals surface area contributed by atoms with Crippen molar-refractivity contribution in [1.82, 2.24) is 4.98 Å². The van der Waals surface area contributed by atoms with Crippen LogP contribution >= 0.6 is 11.9 Å². The Balaban J connectivity index is 2.94. The molecule has 1 aromatic heterocycles. The van der Waals surface area contributed by atoms with Crippen LogP contribution in [0.15, 0.2) is 23.4 Å². The topological polar surface area (TPSA) is 38.9 Å². The minimum Gasteiger partial charge on any atom is -0.274 e. The average molecular weight is 144 g/mol. The summed E-state index contributed by atoms with van der Waals surface area (Å²) in [5.74, 6) is -0.356. The first-order chi connectivity index (χ1) is 4.33. The number of hydrogen-bond donors (Lipinski definition) is 1. The highest BCUT2D eigenvalue weighted by atomic mass is 32.2. The second-order valence-electron chi connectivity index (χ2n) is 1.46. The number of nitrogens with zero attached hydrogens (tertiary/aromatic N) is 1. The first kappa shape index (κ1) is 6.51. The molecule has 0 saturated heterocycles. The highest BCUT2D eigenvalue weighted by molar-refractivity contribution is 7.97. The average Bonchev–Trinajstić information content (AvgIpc) is 1.88. The van der Waals surface area contributed by atoms with Gasteiger partial charge in [-0.05, 0) is 18.0 Å². The Hall–Kier alpha value is -0.610. The molecule has 0 aliphatic rings. The molecule has 4 heteroatoms. The van der Waals surface area contributed by atoms with Gasteiger partial charge in [0.25, 0.3) is 0 Å². The molecule has 0 aliphatic carbocycles. The molecule has 2 N–H and O–H groups in total. The zero-order valence-electron chi connectivity index (χ0n) is 4.54. The van der Waals surface area contributed by atoms with E-state index in [1.165, 1.54) is 12.3 Å². The Kier molecular flexibility index (Phi) is 2.02. The molecule has 0 aromatic carbocycles. The van der Waals surface area contributed by atoms with Gasteiger partial charge in [0, 0.05) is 11.1 Å². The first-order valence-corrected chi connectivity index (χ1v) is 3.18. The van der Waals surface area contributed by atoms with Crippen LogP contribution in [0.3, 0.4) is 0 Å². The molecule has 2 nitrogen and oxygen atoms in total. The maximum atomic E-state index is 12.2. The molecule has 0 unspecified atom stereocenters. The summed E-state index contributed by atoms with van der Waals surface area (Å²) in [5, 5.41) is 5.13. The van der Waals surface area contributed by atoms with Crippen LogP contribution < -0.4 is 5.14 Å². The van der Waals surface area contributed by atoms with Crippen LogP contribution in [0.25, 0.3) is 0 Å². The Bertz CT molecular complexity index is 204. The normalized spacial score (nSPS) is 9.56. The lowest BCUT2D eigenvalue weighted by Gasteiger charge is -1.91. The summed E-state index contributed by atoms with van der Waals surface area (Å²) in [6, 6.07) is 1.33. The van der Waals surface area contributed by atoms with Crippen molar-refractivity contribution in [2.24, 2.45) is 5.14 Å². The van der Waals surface area contributed by atoms with Crippen molar-refractivity contribution >= 4 is 11.9 Å². The maximum Gasteiger partial charge on any atom is 0.142 e. The summed E-state index contributed by atoms with van der Waals surface area (Å²) < 4.78 is 12.2. The van der Waals surface area contributed by atoms with Gasteiger partial charge in [0.15, 0.2) is 0 Å². The quantitative estimate of drug-likeness (QED) is 0.601. The molecule has 0 saturated carbocycles. The molecule has 9 heavy (non-hydrogen) atoms. The summed E-state index contributed by atoms with van der Waals surface area (Å²) in [6.07, 6.45) is 2.65. The minimum atomic E-state index is -0.356. The number of pyridine rings is 1. The lowest BCUT2D eigenvalue weighted by Crippen LogP contribution is -1.82. The van der Waals surface area contributed by atoms with Crippen molar-refractivity contribution in [2.45, 2.75) is 4.90 Å². The van der Waals surface area contributed by atoms with Crippen molar-refractivity contribution in [3.05, 3.63) is 24.3 Å². The van der Waals surface area contributed by atoms with Gasteiger partial charge in [0.1, 0.15) is 5.82 Å². The van der Waals surface area contributed by atoms with Gasteiger partial charge in [0.2, 0.25) is 0 Å². The van der Waals surface area contributed by atoms with Crippen LogP contribution in [0.1, 0.15) is 0 Å². The minimum absolute atomic E-state index is 0.356. The Morgan fingerprint density at radius 1 is 1.56 bits per heavy atom. The van der Waals surface area contributed by atoms with E-state index in [2.05, 4.69) is 4.98 Å². The van der Waals surface area contributed by atoms with Gasteiger partial charge in [-0.1, -0.05) is 0 Å². The third-order valence-electron chi connectivity index (χ3n) is 0.816. The summed E-state index contributed by atoms with van der Waals surface area (Å²) in [4.78, 5) is 4.21. The number of aromatic nitrogens is 1. The van der Waals surface area contributed by atoms with Gasteiger partial charge in [-0.3, -0.25) is 10.1 Å². The second kappa shape index (κ2) is 2.80. The van der Waals surface area contributed by atoms with E-state index in [4.69, 9.17) is 5.14 Å². The van der Waals surface area contributed by atoms with E-state index in [0.29, 0.717) is 4.90 Å².